The molecule has 0 saturated carbocycles. The van der Waals surface area contributed by atoms with E-state index < -0.39 is 26.1 Å². The van der Waals surface area contributed by atoms with Gasteiger partial charge in [-0.05, 0) is 60.2 Å². The Labute approximate surface area is 242 Å². The molecule has 41 heavy (non-hydrogen) atoms. The van der Waals surface area contributed by atoms with Gasteiger partial charge in [0.2, 0.25) is 0 Å². The molecule has 1 aliphatic heterocycles. The van der Waals surface area contributed by atoms with Crippen LogP contribution in [0.25, 0.3) is 22.0 Å². The molecule has 4 aromatic rings. The van der Waals surface area contributed by atoms with E-state index >= 15 is 0 Å². The van der Waals surface area contributed by atoms with E-state index in [-0.39, 0.29) is 12.0 Å². The number of nitrogens with zero attached hydrogens (tertiary/aromatic N) is 1. The Balaban J connectivity index is 1.61. The maximum absolute atomic E-state index is 13.8. The fraction of sp³-hybridized carbons (Fsp3) is 0.294. The van der Waals surface area contributed by atoms with Crippen LogP contribution in [0.5, 0.6) is 5.75 Å². The Hall–Kier alpha value is -4.28. The minimum Gasteiger partial charge on any atom is -0.491 e. The summed E-state index contributed by atoms with van der Waals surface area (Å²) in [5, 5.41) is 1.04. The van der Waals surface area contributed by atoms with Gasteiger partial charge in [-0.1, -0.05) is 74.2 Å². The highest BCUT2D eigenvalue weighted by Crippen LogP contribution is 2.41. The summed E-state index contributed by atoms with van der Waals surface area (Å²) in [5.74, 6) is 2.89. The molecule has 2 heterocycles. The first-order chi connectivity index (χ1) is 19.6. The third-order valence-electron chi connectivity index (χ3n) is 7.17. The van der Waals surface area contributed by atoms with Crippen molar-refractivity contribution >= 4 is 30.9 Å². The van der Waals surface area contributed by atoms with Gasteiger partial charge >= 0.3 is 5.97 Å². The van der Waals surface area contributed by atoms with Crippen LogP contribution in [-0.2, 0) is 20.7 Å². The van der Waals surface area contributed by atoms with Crippen molar-refractivity contribution in [2.75, 3.05) is 7.11 Å². The highest BCUT2D eigenvalue weighted by molar-refractivity contribution is 6.84. The Morgan fingerprint density at radius 1 is 0.951 bits per heavy atom. The molecule has 1 N–H and O–H groups in total. The molecule has 5 rings (SSSR count). The van der Waals surface area contributed by atoms with Gasteiger partial charge in [-0.2, -0.15) is 0 Å². The number of H-pyrrole nitrogens is 1. The number of benzene rings is 3. The van der Waals surface area contributed by atoms with Crippen molar-refractivity contribution in [3.8, 4) is 28.3 Å². The first-order valence-electron chi connectivity index (χ1n) is 14.0. The average Bonchev–Trinajstić information content (AvgIpc) is 3.32. The highest BCUT2D eigenvalue weighted by atomic mass is 28.3. The maximum atomic E-state index is 13.8. The largest absolute Gasteiger partial charge is 0.491 e. The second kappa shape index (κ2) is 11.3. The molecule has 7 heteroatoms. The van der Waals surface area contributed by atoms with Crippen molar-refractivity contribution in [3.63, 3.8) is 0 Å². The lowest BCUT2D eigenvalue weighted by Gasteiger charge is -2.40. The summed E-state index contributed by atoms with van der Waals surface area (Å²) in [6.07, 6.45) is 0.464. The molecule has 1 amide bonds. The van der Waals surface area contributed by atoms with Crippen LogP contribution in [0.3, 0.4) is 0 Å². The summed E-state index contributed by atoms with van der Waals surface area (Å²) in [6, 6.07) is 22.9. The topological polar surface area (TPSA) is 71.6 Å². The van der Waals surface area contributed by atoms with E-state index in [0.29, 0.717) is 6.42 Å². The molecule has 2 atom stereocenters. The third-order valence-corrected chi connectivity index (χ3v) is 8.04. The summed E-state index contributed by atoms with van der Waals surface area (Å²) in [5.41, 5.74) is 9.07. The molecule has 1 aromatic heterocycles. The zero-order valence-corrected chi connectivity index (χ0v) is 25.4. The van der Waals surface area contributed by atoms with Gasteiger partial charge in [0.25, 0.3) is 5.91 Å². The number of rotatable bonds is 5. The molecule has 0 aliphatic carbocycles. The molecule has 6 nitrogen and oxygen atoms in total. The predicted molar refractivity (Wildman–Crippen MR) is 165 cm³/mol. The van der Waals surface area contributed by atoms with Crippen molar-refractivity contribution in [3.05, 3.63) is 89.6 Å². The number of aromatic nitrogens is 1. The molecule has 2 unspecified atom stereocenters. The Morgan fingerprint density at radius 2 is 1.59 bits per heavy atom. The molecule has 1 aliphatic rings. The summed E-state index contributed by atoms with van der Waals surface area (Å²) in [7, 11) is -0.474. The molecule has 0 radical (unpaired) electrons. The predicted octanol–water partition coefficient (Wildman–Crippen LogP) is 6.52. The number of aromatic amines is 1. The summed E-state index contributed by atoms with van der Waals surface area (Å²) in [6.45, 7) is 10.3. The van der Waals surface area contributed by atoms with Gasteiger partial charge in [0, 0.05) is 23.0 Å². The van der Waals surface area contributed by atoms with Crippen LogP contribution in [0, 0.1) is 11.5 Å². The molecule has 0 spiro atoms. The zero-order chi connectivity index (χ0) is 29.3. The first kappa shape index (κ1) is 28.3. The first-order valence-corrected chi connectivity index (χ1v) is 17.5. The minimum absolute atomic E-state index is 0.111. The number of hydrogen-bond donors (Lipinski definition) is 1. The molecule has 3 aromatic carbocycles. The fourth-order valence-corrected chi connectivity index (χ4v) is 5.85. The minimum atomic E-state index is -1.84. The van der Waals surface area contributed by atoms with Gasteiger partial charge in [0.1, 0.15) is 19.9 Å². The van der Waals surface area contributed by atoms with Gasteiger partial charge in [-0.3, -0.25) is 4.79 Å². The molecule has 0 saturated heterocycles. The van der Waals surface area contributed by atoms with Crippen molar-refractivity contribution < 1.29 is 19.1 Å². The molecular weight excluding hydrogens is 528 g/mol. The van der Waals surface area contributed by atoms with E-state index in [4.69, 9.17) is 9.47 Å². The number of para-hydroxylation sites is 1. The lowest BCUT2D eigenvalue weighted by Crippen LogP contribution is -2.51. The number of fused-ring (bicyclic) bond motifs is 3. The smallest absolute Gasteiger partial charge is 0.328 e. The Kier molecular flexibility index (Phi) is 7.79. The number of esters is 1. The Bertz CT molecular complexity index is 1640. The van der Waals surface area contributed by atoms with Crippen LogP contribution < -0.4 is 4.74 Å². The van der Waals surface area contributed by atoms with E-state index in [1.54, 1.807) is 4.90 Å². The second-order valence-corrected chi connectivity index (χ2v) is 16.5. The van der Waals surface area contributed by atoms with Crippen LogP contribution in [0.1, 0.15) is 36.7 Å². The van der Waals surface area contributed by atoms with Gasteiger partial charge in [0.15, 0.2) is 0 Å². The number of hydrogen-bond acceptors (Lipinski definition) is 4. The lowest BCUT2D eigenvalue weighted by atomic mass is 9.87. The van der Waals surface area contributed by atoms with Crippen LogP contribution in [0.15, 0.2) is 72.8 Å². The summed E-state index contributed by atoms with van der Waals surface area (Å²) in [4.78, 5) is 32.2. The van der Waals surface area contributed by atoms with E-state index in [9.17, 15) is 9.59 Å². The van der Waals surface area contributed by atoms with Gasteiger partial charge in [0.05, 0.1) is 19.3 Å². The van der Waals surface area contributed by atoms with Crippen molar-refractivity contribution in [1.29, 1.82) is 0 Å². The van der Waals surface area contributed by atoms with Crippen molar-refractivity contribution in [1.82, 2.24) is 9.88 Å². The Morgan fingerprint density at radius 3 is 2.20 bits per heavy atom. The maximum Gasteiger partial charge on any atom is 0.328 e. The number of methoxy groups -OCH3 is 1. The fourth-order valence-electron chi connectivity index (χ4n) is 5.37. The van der Waals surface area contributed by atoms with Crippen LogP contribution in [0.4, 0.5) is 0 Å². The molecule has 0 fully saturated rings. The normalized spacial score (nSPS) is 16.6. The average molecular weight is 565 g/mol. The van der Waals surface area contributed by atoms with Gasteiger partial charge < -0.3 is 19.4 Å². The number of carbonyl (C=O) groups is 2. The standard InChI is InChI=1S/C34H36N2O4Si/c1-22(2)40-26-17-15-24(16-18-26)23-11-13-25(14-12-23)33-32-28(27-9-7-8-10-29(27)35-32)21-30(34(38)39-3)36(33)31(37)19-20-41(4,5)6/h7-18,22,30,33,35H,21H2,1-6H3. The molecular formula is C34H36N2O4Si. The summed E-state index contributed by atoms with van der Waals surface area (Å²) >= 11 is 0. The number of amides is 1. The van der Waals surface area contributed by atoms with E-state index in [1.165, 1.54) is 7.11 Å². The lowest BCUT2D eigenvalue weighted by molar-refractivity contribution is -0.153. The van der Waals surface area contributed by atoms with E-state index in [0.717, 1.165) is 44.6 Å². The molecule has 0 bridgehead atoms. The van der Waals surface area contributed by atoms with Crippen LogP contribution >= 0.6 is 0 Å². The monoisotopic (exact) mass is 564 g/mol. The van der Waals surface area contributed by atoms with Gasteiger partial charge in [-0.25, -0.2) is 4.79 Å². The number of carbonyl (C=O) groups excluding carboxylic acids is 2. The van der Waals surface area contributed by atoms with Gasteiger partial charge in [-0.15, -0.1) is 5.54 Å². The van der Waals surface area contributed by atoms with Crippen LogP contribution in [-0.4, -0.2) is 49.1 Å². The third kappa shape index (κ3) is 5.93. The number of ether oxygens (including phenoxy) is 2. The molecule has 210 valence electrons. The number of nitrogens with one attached hydrogen (secondary N) is 1. The zero-order valence-electron chi connectivity index (χ0n) is 24.4. The summed E-state index contributed by atoms with van der Waals surface area (Å²) < 4.78 is 11.0. The van der Waals surface area contributed by atoms with Crippen molar-refractivity contribution in [2.24, 2.45) is 0 Å². The highest BCUT2D eigenvalue weighted by Gasteiger charge is 2.43. The van der Waals surface area contributed by atoms with Crippen molar-refractivity contribution in [2.45, 2.75) is 58.1 Å². The quantitative estimate of drug-likeness (QED) is 0.170. The SMILES string of the molecule is COC(=O)C1Cc2c([nH]c3ccccc23)C(c2ccc(-c3ccc(OC(C)C)cc3)cc2)N1C(=O)C#C[Si](C)(C)C. The van der Waals surface area contributed by atoms with Crippen LogP contribution in [0.2, 0.25) is 19.6 Å². The second-order valence-electron chi connectivity index (χ2n) is 11.7. The van der Waals surface area contributed by atoms with E-state index in [1.807, 2.05) is 86.6 Å². The van der Waals surface area contributed by atoms with E-state index in [2.05, 4.69) is 36.1 Å².